The van der Waals surface area contributed by atoms with Crippen LogP contribution in [0.15, 0.2) is 46.2 Å². The minimum Gasteiger partial charge on any atom is -0.210 e. The quantitative estimate of drug-likeness (QED) is 0.624. The van der Waals surface area contributed by atoms with Crippen molar-refractivity contribution < 1.29 is 34.4 Å². The number of halogens is 4. The van der Waals surface area contributed by atoms with Gasteiger partial charge in [0, 0.05) is 19.1 Å². The van der Waals surface area contributed by atoms with E-state index in [1.54, 1.807) is 0 Å². The molecule has 2 aromatic rings. The molecule has 158 valence electrons. The zero-order chi connectivity index (χ0) is 21.4. The van der Waals surface area contributed by atoms with Crippen LogP contribution in [0.3, 0.4) is 0 Å². The lowest BCUT2D eigenvalue weighted by Crippen LogP contribution is -2.40. The fraction of sp³-hybridized carbons (Fsp3) is 0.294. The van der Waals surface area contributed by atoms with Crippen molar-refractivity contribution in [3.8, 4) is 0 Å². The Morgan fingerprint density at radius 2 is 1.38 bits per heavy atom. The summed E-state index contributed by atoms with van der Waals surface area (Å²) in [5, 5.41) is 0. The largest absolute Gasteiger partial charge is 0.246 e. The number of hydrogen-bond acceptors (Lipinski definition) is 4. The van der Waals surface area contributed by atoms with Gasteiger partial charge in [0.25, 0.3) is 0 Å². The molecule has 0 unspecified atom stereocenters. The first-order valence-electron chi connectivity index (χ1n) is 8.45. The lowest BCUT2D eigenvalue weighted by molar-refractivity contribution is 0.399. The predicted octanol–water partition coefficient (Wildman–Crippen LogP) is 2.37. The highest BCUT2D eigenvalue weighted by molar-refractivity contribution is 7.89. The summed E-state index contributed by atoms with van der Waals surface area (Å²) in [6.07, 6.45) is 0.947. The summed E-state index contributed by atoms with van der Waals surface area (Å²) in [6.45, 7) is -0.885. The van der Waals surface area contributed by atoms with E-state index in [9.17, 15) is 34.4 Å². The second kappa shape index (κ2) is 8.01. The third-order valence-electron chi connectivity index (χ3n) is 4.29. The molecule has 3 rings (SSSR count). The van der Waals surface area contributed by atoms with Crippen molar-refractivity contribution >= 4 is 20.0 Å². The van der Waals surface area contributed by atoms with Crippen LogP contribution in [0.2, 0.25) is 0 Å². The van der Waals surface area contributed by atoms with Gasteiger partial charge in [0.1, 0.15) is 9.79 Å². The average Bonchev–Trinajstić information content (AvgIpc) is 3.47. The van der Waals surface area contributed by atoms with E-state index in [4.69, 9.17) is 0 Å². The third kappa shape index (κ3) is 4.44. The first kappa shape index (κ1) is 21.7. The van der Waals surface area contributed by atoms with Crippen LogP contribution in [0, 0.1) is 23.3 Å². The van der Waals surface area contributed by atoms with Crippen LogP contribution < -0.4 is 4.72 Å². The summed E-state index contributed by atoms with van der Waals surface area (Å²) in [5.74, 6) is -5.77. The van der Waals surface area contributed by atoms with Crippen LogP contribution >= 0.6 is 0 Å². The first-order chi connectivity index (χ1) is 13.6. The van der Waals surface area contributed by atoms with Gasteiger partial charge < -0.3 is 0 Å². The van der Waals surface area contributed by atoms with Crippen molar-refractivity contribution in [1.82, 2.24) is 9.03 Å². The Morgan fingerprint density at radius 1 is 0.862 bits per heavy atom. The molecule has 0 bridgehead atoms. The number of benzene rings is 2. The Hall–Kier alpha value is -2.02. The van der Waals surface area contributed by atoms with E-state index >= 15 is 0 Å². The van der Waals surface area contributed by atoms with Crippen LogP contribution in [-0.4, -0.2) is 40.3 Å². The molecule has 12 heteroatoms. The molecule has 0 heterocycles. The lowest BCUT2D eigenvalue weighted by Gasteiger charge is -2.22. The van der Waals surface area contributed by atoms with Crippen molar-refractivity contribution in [2.24, 2.45) is 0 Å². The molecule has 0 radical (unpaired) electrons. The van der Waals surface area contributed by atoms with Gasteiger partial charge in [-0.25, -0.2) is 39.1 Å². The van der Waals surface area contributed by atoms with Crippen LogP contribution in [-0.2, 0) is 20.0 Å². The van der Waals surface area contributed by atoms with Crippen LogP contribution in [0.25, 0.3) is 0 Å². The van der Waals surface area contributed by atoms with Gasteiger partial charge >= 0.3 is 0 Å². The van der Waals surface area contributed by atoms with Crippen molar-refractivity contribution in [2.45, 2.75) is 28.7 Å². The average molecular weight is 452 g/mol. The van der Waals surface area contributed by atoms with Gasteiger partial charge in [-0.3, -0.25) is 0 Å². The van der Waals surface area contributed by atoms with Crippen LogP contribution in [0.5, 0.6) is 0 Å². The van der Waals surface area contributed by atoms with Crippen LogP contribution in [0.1, 0.15) is 12.8 Å². The zero-order valence-corrected chi connectivity index (χ0v) is 16.4. The molecule has 0 aromatic heterocycles. The van der Waals surface area contributed by atoms with Crippen molar-refractivity contribution in [1.29, 1.82) is 0 Å². The fourth-order valence-corrected chi connectivity index (χ4v) is 5.60. The van der Waals surface area contributed by atoms with Gasteiger partial charge in [-0.1, -0.05) is 12.1 Å². The first-order valence-corrected chi connectivity index (χ1v) is 11.4. The summed E-state index contributed by atoms with van der Waals surface area (Å²) in [7, 11) is -8.90. The molecule has 29 heavy (non-hydrogen) atoms. The topological polar surface area (TPSA) is 83.6 Å². The van der Waals surface area contributed by atoms with E-state index in [0.717, 1.165) is 40.7 Å². The minimum absolute atomic E-state index is 0.404. The Balaban J connectivity index is 1.79. The van der Waals surface area contributed by atoms with Crippen molar-refractivity contribution in [2.75, 3.05) is 13.1 Å². The number of nitrogens with zero attached hydrogens (tertiary/aromatic N) is 1. The number of nitrogens with one attached hydrogen (secondary N) is 1. The number of sulfonamides is 2. The standard InChI is InChI=1S/C17H16F4N2O4S2/c18-12-3-1-5-14(16(12)20)28(24,25)22-9-10-23(11-7-8-11)29(26,27)15-6-2-4-13(19)17(15)21/h1-6,11,22H,7-10H2. The molecular formula is C17H16F4N2O4S2. The number of hydrogen-bond donors (Lipinski definition) is 1. The molecule has 2 aromatic carbocycles. The molecule has 0 atom stereocenters. The third-order valence-corrected chi connectivity index (χ3v) is 7.73. The molecule has 0 spiro atoms. The highest BCUT2D eigenvalue weighted by atomic mass is 32.2. The van der Waals surface area contributed by atoms with E-state index in [1.165, 1.54) is 0 Å². The lowest BCUT2D eigenvalue weighted by atomic mass is 10.3. The SMILES string of the molecule is O=S(=O)(NCCN(C1CC1)S(=O)(=O)c1cccc(F)c1F)c1cccc(F)c1F. The van der Waals surface area contributed by atoms with Gasteiger partial charge in [0.05, 0.1) is 0 Å². The Labute approximate surface area is 165 Å². The van der Waals surface area contributed by atoms with Crippen molar-refractivity contribution in [3.63, 3.8) is 0 Å². The second-order valence-electron chi connectivity index (χ2n) is 6.35. The van der Waals surface area contributed by atoms with E-state index in [-0.39, 0.29) is 0 Å². The Bertz CT molecular complexity index is 1140. The minimum atomic E-state index is -4.46. The monoisotopic (exact) mass is 452 g/mol. The molecule has 6 nitrogen and oxygen atoms in total. The molecule has 1 aliphatic carbocycles. The molecular weight excluding hydrogens is 436 g/mol. The molecule has 1 N–H and O–H groups in total. The normalized spacial score (nSPS) is 15.1. The summed E-state index contributed by atoms with van der Waals surface area (Å²) >= 11 is 0. The maximum Gasteiger partial charge on any atom is 0.246 e. The molecule has 1 fully saturated rings. The highest BCUT2D eigenvalue weighted by Gasteiger charge is 2.39. The zero-order valence-electron chi connectivity index (χ0n) is 14.8. The molecule has 0 aliphatic heterocycles. The molecule has 1 saturated carbocycles. The maximum atomic E-state index is 14.0. The van der Waals surface area contributed by atoms with Gasteiger partial charge in [0.2, 0.25) is 20.0 Å². The summed E-state index contributed by atoms with van der Waals surface area (Å²) in [4.78, 5) is -1.78. The molecule has 0 amide bonds. The van der Waals surface area contributed by atoms with E-state index in [2.05, 4.69) is 0 Å². The molecule has 0 saturated heterocycles. The molecule has 1 aliphatic rings. The van der Waals surface area contributed by atoms with E-state index < -0.39 is 72.2 Å². The second-order valence-corrected chi connectivity index (χ2v) is 9.94. The van der Waals surface area contributed by atoms with E-state index in [1.807, 2.05) is 4.72 Å². The Kier molecular flexibility index (Phi) is 5.99. The summed E-state index contributed by atoms with van der Waals surface area (Å²) in [5.41, 5.74) is 0. The predicted molar refractivity (Wildman–Crippen MR) is 94.8 cm³/mol. The van der Waals surface area contributed by atoms with Gasteiger partial charge in [-0.05, 0) is 37.1 Å². The fourth-order valence-electron chi connectivity index (χ4n) is 2.73. The van der Waals surface area contributed by atoms with Crippen molar-refractivity contribution in [3.05, 3.63) is 59.7 Å². The summed E-state index contributed by atoms with van der Waals surface area (Å²) < 4.78 is 107. The van der Waals surface area contributed by atoms with Crippen LogP contribution in [0.4, 0.5) is 17.6 Å². The Morgan fingerprint density at radius 3 is 1.93 bits per heavy atom. The van der Waals surface area contributed by atoms with Gasteiger partial charge in [0.15, 0.2) is 23.3 Å². The van der Waals surface area contributed by atoms with Gasteiger partial charge in [-0.15, -0.1) is 0 Å². The smallest absolute Gasteiger partial charge is 0.210 e. The highest BCUT2D eigenvalue weighted by Crippen LogP contribution is 2.32. The maximum absolute atomic E-state index is 14.0. The van der Waals surface area contributed by atoms with Gasteiger partial charge in [-0.2, -0.15) is 4.31 Å². The number of rotatable bonds is 8. The summed E-state index contributed by atoms with van der Waals surface area (Å²) in [6, 6.07) is 4.87. The van der Waals surface area contributed by atoms with E-state index in [0.29, 0.717) is 12.8 Å².